The predicted octanol–water partition coefficient (Wildman–Crippen LogP) is -0.710. The lowest BCUT2D eigenvalue weighted by atomic mass is 10.6. The van der Waals surface area contributed by atoms with Crippen molar-refractivity contribution in [1.29, 1.82) is 0 Å². The summed E-state index contributed by atoms with van der Waals surface area (Å²) in [7, 11) is -3.70. The summed E-state index contributed by atoms with van der Waals surface area (Å²) >= 11 is 0. The molecule has 0 aromatic carbocycles. The Kier molecular flexibility index (Phi) is 1.60. The van der Waals surface area contributed by atoms with Crippen molar-refractivity contribution >= 4 is 15.9 Å². The quantitative estimate of drug-likeness (QED) is 0.601. The molecule has 0 saturated carbocycles. The number of rotatable bonds is 2. The first-order valence-corrected chi connectivity index (χ1v) is 3.82. The highest BCUT2D eigenvalue weighted by Crippen LogP contribution is 2.03. The fourth-order valence-electron chi connectivity index (χ4n) is 0.420. The highest BCUT2D eigenvalue weighted by atomic mass is 32.2. The van der Waals surface area contributed by atoms with E-state index in [9.17, 15) is 8.42 Å². The van der Waals surface area contributed by atoms with Gasteiger partial charge in [-0.15, -0.1) is 0 Å². The van der Waals surface area contributed by atoms with Crippen LogP contribution in [0.3, 0.4) is 0 Å². The van der Waals surface area contributed by atoms with E-state index >= 15 is 0 Å². The number of hydrogen-bond donors (Lipinski definition) is 2. The average Bonchev–Trinajstić information content (AvgIpc) is 2.12. The van der Waals surface area contributed by atoms with Gasteiger partial charge < -0.3 is 4.52 Å². The normalized spacial score (nSPS) is 11.3. The number of nitrogens with zero attached hydrogens (tertiary/aromatic N) is 1. The molecule has 1 aromatic rings. The van der Waals surface area contributed by atoms with Gasteiger partial charge in [-0.2, -0.15) is 8.42 Å². The van der Waals surface area contributed by atoms with Gasteiger partial charge in [0, 0.05) is 0 Å². The minimum absolute atomic E-state index is 0.211. The first-order chi connectivity index (χ1) is 4.58. The van der Waals surface area contributed by atoms with Crippen LogP contribution in [0.5, 0.6) is 0 Å². The first-order valence-electron chi connectivity index (χ1n) is 2.28. The van der Waals surface area contributed by atoms with Crippen molar-refractivity contribution < 1.29 is 12.9 Å². The zero-order valence-electron chi connectivity index (χ0n) is 4.81. The maximum atomic E-state index is 10.3. The van der Waals surface area contributed by atoms with Gasteiger partial charge in [-0.05, 0) is 0 Å². The monoisotopic (exact) mass is 163 g/mol. The van der Waals surface area contributed by atoms with Gasteiger partial charge in [0.25, 0.3) is 10.2 Å². The molecule has 56 valence electrons. The number of anilines is 1. The van der Waals surface area contributed by atoms with Crippen LogP contribution >= 0.6 is 0 Å². The standard InChI is InChI=1S/C3H5N3O3S/c4-10(7,8)6-3-1-5-9-2-3/h1-2,6H,(H2,4,7,8). The van der Waals surface area contributed by atoms with Crippen LogP contribution < -0.4 is 9.86 Å². The molecule has 0 aliphatic rings. The Balaban J connectivity index is 2.75. The molecule has 1 heterocycles. The minimum atomic E-state index is -3.70. The molecule has 6 nitrogen and oxygen atoms in total. The van der Waals surface area contributed by atoms with Gasteiger partial charge in [0.15, 0.2) is 0 Å². The summed E-state index contributed by atoms with van der Waals surface area (Å²) in [5.41, 5.74) is 0.211. The maximum absolute atomic E-state index is 10.3. The van der Waals surface area contributed by atoms with E-state index < -0.39 is 10.2 Å². The summed E-state index contributed by atoms with van der Waals surface area (Å²) in [5, 5.41) is 7.87. The molecule has 0 aliphatic carbocycles. The van der Waals surface area contributed by atoms with E-state index in [0.717, 1.165) is 6.26 Å². The van der Waals surface area contributed by atoms with Crippen molar-refractivity contribution in [3.05, 3.63) is 12.5 Å². The summed E-state index contributed by atoms with van der Waals surface area (Å²) in [5.74, 6) is 0. The second-order valence-corrected chi connectivity index (χ2v) is 2.85. The average molecular weight is 163 g/mol. The van der Waals surface area contributed by atoms with Crippen LogP contribution in [0.1, 0.15) is 0 Å². The molecule has 0 unspecified atom stereocenters. The highest BCUT2D eigenvalue weighted by molar-refractivity contribution is 7.90. The predicted molar refractivity (Wildman–Crippen MR) is 33.2 cm³/mol. The zero-order valence-corrected chi connectivity index (χ0v) is 5.63. The van der Waals surface area contributed by atoms with E-state index in [1.807, 2.05) is 4.72 Å². The van der Waals surface area contributed by atoms with Crippen LogP contribution in [0, 0.1) is 0 Å². The van der Waals surface area contributed by atoms with E-state index in [1.54, 1.807) is 0 Å². The largest absolute Gasteiger partial charge is 0.362 e. The summed E-state index contributed by atoms with van der Waals surface area (Å²) in [6, 6.07) is 0. The Bertz CT molecular complexity index is 289. The van der Waals surface area contributed by atoms with Gasteiger partial charge in [0.1, 0.15) is 12.0 Å². The van der Waals surface area contributed by atoms with Gasteiger partial charge in [-0.3, -0.25) is 4.72 Å². The lowest BCUT2D eigenvalue weighted by molar-refractivity contribution is 0.420. The Hall–Kier alpha value is -1.08. The maximum Gasteiger partial charge on any atom is 0.296 e. The van der Waals surface area contributed by atoms with E-state index in [-0.39, 0.29) is 5.69 Å². The smallest absolute Gasteiger partial charge is 0.296 e. The minimum Gasteiger partial charge on any atom is -0.362 e. The number of nitrogens with two attached hydrogens (primary N) is 1. The molecule has 1 aromatic heterocycles. The third-order valence-electron chi connectivity index (χ3n) is 0.692. The Morgan fingerprint density at radius 1 is 1.70 bits per heavy atom. The van der Waals surface area contributed by atoms with Crippen molar-refractivity contribution in [3.63, 3.8) is 0 Å². The van der Waals surface area contributed by atoms with Gasteiger partial charge in [0.05, 0.1) is 6.20 Å². The second kappa shape index (κ2) is 2.27. The number of hydrogen-bond acceptors (Lipinski definition) is 4. The summed E-state index contributed by atoms with van der Waals surface area (Å²) in [6.07, 6.45) is 2.33. The SMILES string of the molecule is NS(=O)(=O)Nc1cnoc1. The van der Waals surface area contributed by atoms with Crippen molar-refractivity contribution in [1.82, 2.24) is 5.16 Å². The molecule has 7 heteroatoms. The van der Waals surface area contributed by atoms with Gasteiger partial charge in [0.2, 0.25) is 0 Å². The second-order valence-electron chi connectivity index (χ2n) is 1.56. The first kappa shape index (κ1) is 7.03. The number of aromatic nitrogens is 1. The molecule has 10 heavy (non-hydrogen) atoms. The van der Waals surface area contributed by atoms with Gasteiger partial charge in [-0.1, -0.05) is 5.16 Å². The van der Waals surface area contributed by atoms with E-state index in [0.29, 0.717) is 0 Å². The van der Waals surface area contributed by atoms with Crippen LogP contribution in [0.2, 0.25) is 0 Å². The molecule has 0 aliphatic heterocycles. The van der Waals surface area contributed by atoms with Gasteiger partial charge in [-0.25, -0.2) is 5.14 Å². The summed E-state index contributed by atoms with van der Waals surface area (Å²) < 4.78 is 26.9. The highest BCUT2D eigenvalue weighted by Gasteiger charge is 2.02. The molecule has 0 fully saturated rings. The van der Waals surface area contributed by atoms with E-state index in [1.165, 1.54) is 6.20 Å². The lowest BCUT2D eigenvalue weighted by Crippen LogP contribution is -2.21. The molecular formula is C3H5N3O3S. The molecular weight excluding hydrogens is 158 g/mol. The third-order valence-corrected chi connectivity index (χ3v) is 1.21. The summed E-state index contributed by atoms with van der Waals surface area (Å²) in [6.45, 7) is 0. The van der Waals surface area contributed by atoms with Crippen LogP contribution in [0.25, 0.3) is 0 Å². The molecule has 0 radical (unpaired) electrons. The molecule has 3 N–H and O–H groups in total. The Labute approximate surface area is 57.2 Å². The molecule has 0 amide bonds. The fourth-order valence-corrected chi connectivity index (χ4v) is 0.849. The fraction of sp³-hybridized carbons (Fsp3) is 0. The van der Waals surface area contributed by atoms with Crippen molar-refractivity contribution in [2.45, 2.75) is 0 Å². The number of nitrogens with one attached hydrogen (secondary N) is 1. The molecule has 1 rings (SSSR count). The zero-order chi connectivity index (χ0) is 7.61. The summed E-state index contributed by atoms with van der Waals surface area (Å²) in [4.78, 5) is 0. The molecule has 0 bridgehead atoms. The van der Waals surface area contributed by atoms with Crippen LogP contribution in [-0.4, -0.2) is 13.6 Å². The molecule has 0 spiro atoms. The van der Waals surface area contributed by atoms with Crippen molar-refractivity contribution in [2.75, 3.05) is 4.72 Å². The topological polar surface area (TPSA) is 98.2 Å². The van der Waals surface area contributed by atoms with Crippen molar-refractivity contribution in [2.24, 2.45) is 5.14 Å². The molecule has 0 atom stereocenters. The van der Waals surface area contributed by atoms with E-state index in [2.05, 4.69) is 14.8 Å². The van der Waals surface area contributed by atoms with Crippen LogP contribution in [0.15, 0.2) is 17.0 Å². The van der Waals surface area contributed by atoms with Gasteiger partial charge >= 0.3 is 0 Å². The Morgan fingerprint density at radius 3 is 2.80 bits per heavy atom. The van der Waals surface area contributed by atoms with Crippen LogP contribution in [0.4, 0.5) is 5.69 Å². The van der Waals surface area contributed by atoms with Crippen LogP contribution in [-0.2, 0) is 10.2 Å². The molecule has 0 saturated heterocycles. The van der Waals surface area contributed by atoms with Crippen molar-refractivity contribution in [3.8, 4) is 0 Å². The Morgan fingerprint density at radius 2 is 2.40 bits per heavy atom. The lowest BCUT2D eigenvalue weighted by Gasteiger charge is -1.94. The van der Waals surface area contributed by atoms with E-state index in [4.69, 9.17) is 0 Å². The third kappa shape index (κ3) is 2.03.